The number of amides is 1. The Morgan fingerprint density at radius 2 is 1.57 bits per heavy atom. The molecule has 6 heteroatoms. The van der Waals surface area contributed by atoms with Gasteiger partial charge in [-0.3, -0.25) is 9.59 Å². The summed E-state index contributed by atoms with van der Waals surface area (Å²) >= 11 is 0. The van der Waals surface area contributed by atoms with E-state index in [-0.39, 0.29) is 5.91 Å². The van der Waals surface area contributed by atoms with Gasteiger partial charge in [-0.1, -0.05) is 0 Å². The molecule has 0 aliphatic rings. The number of ether oxygens (including phenoxy) is 3. The fourth-order valence-electron chi connectivity index (χ4n) is 1.95. The predicted octanol–water partition coefficient (Wildman–Crippen LogP) is 2.88. The van der Waals surface area contributed by atoms with Crippen LogP contribution in [0.25, 0.3) is 0 Å². The topological polar surface area (TPSA) is 73.9 Å². The van der Waals surface area contributed by atoms with E-state index in [0.29, 0.717) is 28.5 Å². The first kappa shape index (κ1) is 16.4. The van der Waals surface area contributed by atoms with Gasteiger partial charge < -0.3 is 19.5 Å². The zero-order chi connectivity index (χ0) is 16.8. The van der Waals surface area contributed by atoms with Crippen LogP contribution < -0.4 is 19.5 Å². The van der Waals surface area contributed by atoms with Crippen LogP contribution in [0.4, 0.5) is 5.69 Å². The van der Waals surface area contributed by atoms with Gasteiger partial charge in [0.1, 0.15) is 5.75 Å². The largest absolute Gasteiger partial charge is 0.493 e. The van der Waals surface area contributed by atoms with Crippen molar-refractivity contribution in [2.45, 2.75) is 6.92 Å². The molecular formula is C17H17NO5. The summed E-state index contributed by atoms with van der Waals surface area (Å²) in [5.74, 6) is 0.764. The molecule has 2 aromatic rings. The first-order valence-corrected chi connectivity index (χ1v) is 6.85. The Kier molecular flexibility index (Phi) is 5.19. The van der Waals surface area contributed by atoms with E-state index >= 15 is 0 Å². The van der Waals surface area contributed by atoms with Crippen molar-refractivity contribution in [3.63, 3.8) is 0 Å². The number of rotatable bonds is 5. The molecule has 2 aromatic carbocycles. The van der Waals surface area contributed by atoms with Crippen molar-refractivity contribution in [2.24, 2.45) is 0 Å². The van der Waals surface area contributed by atoms with Crippen molar-refractivity contribution < 1.29 is 23.8 Å². The zero-order valence-electron chi connectivity index (χ0n) is 13.1. The minimum absolute atomic E-state index is 0.286. The number of hydrogen-bond acceptors (Lipinski definition) is 5. The van der Waals surface area contributed by atoms with Gasteiger partial charge >= 0.3 is 5.97 Å². The number of carbonyl (C=O) groups is 2. The third-order valence-corrected chi connectivity index (χ3v) is 3.02. The predicted molar refractivity (Wildman–Crippen MR) is 85.3 cm³/mol. The molecule has 0 saturated heterocycles. The summed E-state index contributed by atoms with van der Waals surface area (Å²) in [5, 5.41) is 2.75. The second-order valence-corrected chi connectivity index (χ2v) is 4.64. The average molecular weight is 315 g/mol. The maximum Gasteiger partial charge on any atom is 0.308 e. The summed E-state index contributed by atoms with van der Waals surface area (Å²) in [6, 6.07) is 11.4. The highest BCUT2D eigenvalue weighted by Crippen LogP contribution is 2.28. The maximum atomic E-state index is 12.3. The summed E-state index contributed by atoms with van der Waals surface area (Å²) in [5.41, 5.74) is 1.02. The minimum Gasteiger partial charge on any atom is -0.493 e. The number of hydrogen-bond donors (Lipinski definition) is 1. The van der Waals surface area contributed by atoms with Gasteiger partial charge in [-0.05, 0) is 42.5 Å². The van der Waals surface area contributed by atoms with Crippen molar-refractivity contribution in [1.29, 1.82) is 0 Å². The fourth-order valence-corrected chi connectivity index (χ4v) is 1.95. The molecule has 1 N–H and O–H groups in total. The summed E-state index contributed by atoms with van der Waals surface area (Å²) < 4.78 is 15.2. The first-order chi connectivity index (χ1) is 11.0. The van der Waals surface area contributed by atoms with Gasteiger partial charge in [0.2, 0.25) is 0 Å². The molecule has 0 aliphatic carbocycles. The SMILES string of the molecule is COc1ccc(C(=O)Nc2ccc(OC(C)=O)cc2)cc1OC. The van der Waals surface area contributed by atoms with E-state index in [1.54, 1.807) is 42.5 Å². The van der Waals surface area contributed by atoms with E-state index in [9.17, 15) is 9.59 Å². The minimum atomic E-state index is -0.396. The second-order valence-electron chi connectivity index (χ2n) is 4.64. The second kappa shape index (κ2) is 7.31. The highest BCUT2D eigenvalue weighted by atomic mass is 16.5. The van der Waals surface area contributed by atoms with Gasteiger partial charge in [0.05, 0.1) is 14.2 Å². The lowest BCUT2D eigenvalue weighted by Crippen LogP contribution is -2.12. The Bertz CT molecular complexity index is 709. The molecule has 23 heavy (non-hydrogen) atoms. The van der Waals surface area contributed by atoms with Crippen LogP contribution in [0.5, 0.6) is 17.2 Å². The van der Waals surface area contributed by atoms with E-state index in [1.807, 2.05) is 0 Å². The lowest BCUT2D eigenvalue weighted by molar-refractivity contribution is -0.131. The lowest BCUT2D eigenvalue weighted by Gasteiger charge is -2.10. The Morgan fingerprint density at radius 1 is 0.913 bits per heavy atom. The number of carbonyl (C=O) groups excluding carboxylic acids is 2. The van der Waals surface area contributed by atoms with Gasteiger partial charge in [-0.2, -0.15) is 0 Å². The van der Waals surface area contributed by atoms with Crippen LogP contribution in [0.2, 0.25) is 0 Å². The number of methoxy groups -OCH3 is 2. The molecular weight excluding hydrogens is 298 g/mol. The van der Waals surface area contributed by atoms with E-state index < -0.39 is 5.97 Å². The number of nitrogens with one attached hydrogen (secondary N) is 1. The zero-order valence-corrected chi connectivity index (χ0v) is 13.1. The van der Waals surface area contributed by atoms with Crippen LogP contribution in [0, 0.1) is 0 Å². The van der Waals surface area contributed by atoms with Gasteiger partial charge in [0.15, 0.2) is 11.5 Å². The van der Waals surface area contributed by atoms with E-state index in [0.717, 1.165) is 0 Å². The maximum absolute atomic E-state index is 12.3. The van der Waals surface area contributed by atoms with Crippen LogP contribution in [0.15, 0.2) is 42.5 Å². The Hall–Kier alpha value is -3.02. The average Bonchev–Trinajstić information content (AvgIpc) is 2.55. The van der Waals surface area contributed by atoms with Crippen LogP contribution >= 0.6 is 0 Å². The lowest BCUT2D eigenvalue weighted by atomic mass is 10.2. The number of esters is 1. The standard InChI is InChI=1S/C17H17NO5/c1-11(19)23-14-7-5-13(6-8-14)18-17(20)12-4-9-15(21-2)16(10-12)22-3/h4-10H,1-3H3,(H,18,20). The smallest absolute Gasteiger partial charge is 0.308 e. The monoisotopic (exact) mass is 315 g/mol. The molecule has 0 bridgehead atoms. The highest BCUT2D eigenvalue weighted by Gasteiger charge is 2.11. The molecule has 0 unspecified atom stereocenters. The molecule has 0 heterocycles. The van der Waals surface area contributed by atoms with Gasteiger partial charge in [-0.15, -0.1) is 0 Å². The molecule has 0 saturated carbocycles. The van der Waals surface area contributed by atoms with Gasteiger partial charge in [-0.25, -0.2) is 0 Å². The van der Waals surface area contributed by atoms with Gasteiger partial charge in [0, 0.05) is 18.2 Å². The third-order valence-electron chi connectivity index (χ3n) is 3.02. The molecule has 0 spiro atoms. The molecule has 1 amide bonds. The molecule has 0 aliphatic heterocycles. The summed E-state index contributed by atoms with van der Waals surface area (Å²) in [6.45, 7) is 1.33. The van der Waals surface area contributed by atoms with Crippen molar-refractivity contribution in [1.82, 2.24) is 0 Å². The van der Waals surface area contributed by atoms with E-state index in [2.05, 4.69) is 5.32 Å². The highest BCUT2D eigenvalue weighted by molar-refractivity contribution is 6.04. The van der Waals surface area contributed by atoms with Crippen molar-refractivity contribution in [3.8, 4) is 17.2 Å². The first-order valence-electron chi connectivity index (χ1n) is 6.85. The molecule has 0 fully saturated rings. The third kappa shape index (κ3) is 4.23. The molecule has 120 valence electrons. The Labute approximate surface area is 134 Å². The fraction of sp³-hybridized carbons (Fsp3) is 0.176. The van der Waals surface area contributed by atoms with Gasteiger partial charge in [0.25, 0.3) is 5.91 Å². The van der Waals surface area contributed by atoms with Crippen LogP contribution in [0.3, 0.4) is 0 Å². The Morgan fingerprint density at radius 3 is 2.13 bits per heavy atom. The van der Waals surface area contributed by atoms with Crippen LogP contribution in [-0.4, -0.2) is 26.1 Å². The van der Waals surface area contributed by atoms with E-state index in [1.165, 1.54) is 21.1 Å². The van der Waals surface area contributed by atoms with Crippen molar-refractivity contribution in [3.05, 3.63) is 48.0 Å². The number of benzene rings is 2. The molecule has 2 rings (SSSR count). The molecule has 0 radical (unpaired) electrons. The Balaban J connectivity index is 2.11. The normalized spacial score (nSPS) is 9.87. The van der Waals surface area contributed by atoms with Crippen molar-refractivity contribution in [2.75, 3.05) is 19.5 Å². The number of anilines is 1. The quantitative estimate of drug-likeness (QED) is 0.678. The van der Waals surface area contributed by atoms with Crippen LogP contribution in [0.1, 0.15) is 17.3 Å². The van der Waals surface area contributed by atoms with Crippen molar-refractivity contribution >= 4 is 17.6 Å². The summed E-state index contributed by atoms with van der Waals surface area (Å²) in [7, 11) is 3.04. The molecule has 0 atom stereocenters. The van der Waals surface area contributed by atoms with E-state index in [4.69, 9.17) is 14.2 Å². The van der Waals surface area contributed by atoms with Crippen LogP contribution in [-0.2, 0) is 4.79 Å². The summed E-state index contributed by atoms with van der Waals surface area (Å²) in [4.78, 5) is 23.1. The molecule has 0 aromatic heterocycles. The molecule has 6 nitrogen and oxygen atoms in total. The summed E-state index contributed by atoms with van der Waals surface area (Å²) in [6.07, 6.45) is 0.